The topological polar surface area (TPSA) is 68.1 Å². The molecule has 1 atom stereocenters. The van der Waals surface area contributed by atoms with Gasteiger partial charge in [0.25, 0.3) is 10.0 Å². The summed E-state index contributed by atoms with van der Waals surface area (Å²) < 4.78 is 29.2. The minimum Gasteiger partial charge on any atom is -0.339 e. The van der Waals surface area contributed by atoms with Crippen LogP contribution in [0.15, 0.2) is 60.0 Å². The van der Waals surface area contributed by atoms with E-state index in [2.05, 4.69) is 29.2 Å². The Morgan fingerprint density at radius 2 is 1.93 bits per heavy atom. The van der Waals surface area contributed by atoms with Crippen molar-refractivity contribution in [1.29, 1.82) is 0 Å². The molecule has 1 aliphatic rings. The van der Waals surface area contributed by atoms with Gasteiger partial charge in [-0.2, -0.15) is 4.31 Å². The second kappa shape index (κ2) is 8.08. The van der Waals surface area contributed by atoms with E-state index in [0.717, 1.165) is 30.7 Å². The molecule has 6 nitrogen and oxygen atoms in total. The summed E-state index contributed by atoms with van der Waals surface area (Å²) in [7, 11) is -1.80. The predicted octanol–water partition coefficient (Wildman–Crippen LogP) is 3.28. The fraction of sp³-hybridized carbons (Fsp3) is 0.364. The van der Waals surface area contributed by atoms with Crippen LogP contribution in [0.2, 0.25) is 0 Å². The zero-order valence-corrected chi connectivity index (χ0v) is 17.6. The lowest BCUT2D eigenvalue weighted by Gasteiger charge is -2.31. The third-order valence-corrected chi connectivity index (χ3v) is 7.12. The predicted molar refractivity (Wildman–Crippen MR) is 112 cm³/mol. The molecule has 2 aromatic heterocycles. The monoisotopic (exact) mass is 410 g/mol. The average molecular weight is 411 g/mol. The van der Waals surface area contributed by atoms with Crippen LogP contribution in [0.3, 0.4) is 0 Å². The van der Waals surface area contributed by atoms with Crippen molar-refractivity contribution < 1.29 is 8.42 Å². The fourth-order valence-electron chi connectivity index (χ4n) is 3.97. The van der Waals surface area contributed by atoms with Gasteiger partial charge >= 0.3 is 0 Å². The molecule has 0 radical (unpaired) electrons. The molecule has 1 unspecified atom stereocenters. The first-order chi connectivity index (χ1) is 13.9. The molecule has 0 N–H and O–H groups in total. The molecule has 7 heteroatoms. The molecule has 0 saturated carbocycles. The zero-order valence-electron chi connectivity index (χ0n) is 16.8. The zero-order chi connectivity index (χ0) is 20.4. The molecule has 0 amide bonds. The van der Waals surface area contributed by atoms with Crippen LogP contribution in [0.25, 0.3) is 0 Å². The maximum absolute atomic E-state index is 13.0. The molecule has 0 aliphatic carbocycles. The number of benzene rings is 1. The maximum atomic E-state index is 13.0. The second-order valence-electron chi connectivity index (χ2n) is 7.78. The van der Waals surface area contributed by atoms with Crippen molar-refractivity contribution in [2.45, 2.75) is 37.1 Å². The number of hydrogen-bond acceptors (Lipinski definition) is 4. The quantitative estimate of drug-likeness (QED) is 0.647. The summed E-state index contributed by atoms with van der Waals surface area (Å²) in [5.74, 6) is 0.0941. The fourth-order valence-corrected chi connectivity index (χ4v) is 5.46. The SMILES string of the molecule is Cc1cc(Cc2ccccc2)cc(C2CCCN(S(=O)(=O)c3cn(C)cn3)C2)n1. The number of piperidine rings is 1. The number of imidazole rings is 1. The normalized spacial score (nSPS) is 18.1. The van der Waals surface area contributed by atoms with Crippen LogP contribution in [0.1, 0.15) is 41.3 Å². The highest BCUT2D eigenvalue weighted by Crippen LogP contribution is 2.30. The molecule has 1 fully saturated rings. The van der Waals surface area contributed by atoms with Crippen molar-refractivity contribution in [2.75, 3.05) is 13.1 Å². The van der Waals surface area contributed by atoms with Gasteiger partial charge < -0.3 is 4.57 Å². The van der Waals surface area contributed by atoms with Gasteiger partial charge in [-0.1, -0.05) is 30.3 Å². The lowest BCUT2D eigenvalue weighted by Crippen LogP contribution is -2.39. The Morgan fingerprint density at radius 3 is 2.66 bits per heavy atom. The van der Waals surface area contributed by atoms with Gasteiger partial charge in [-0.05, 0) is 49.4 Å². The molecule has 1 saturated heterocycles. The van der Waals surface area contributed by atoms with Crippen LogP contribution in [-0.4, -0.2) is 40.3 Å². The van der Waals surface area contributed by atoms with Crippen LogP contribution in [0.4, 0.5) is 0 Å². The van der Waals surface area contributed by atoms with Gasteiger partial charge in [-0.3, -0.25) is 4.98 Å². The van der Waals surface area contributed by atoms with E-state index in [0.29, 0.717) is 13.1 Å². The van der Waals surface area contributed by atoms with E-state index in [1.165, 1.54) is 17.5 Å². The Balaban J connectivity index is 1.57. The first kappa shape index (κ1) is 19.8. The summed E-state index contributed by atoms with van der Waals surface area (Å²) in [4.78, 5) is 8.80. The molecule has 1 aromatic carbocycles. The van der Waals surface area contributed by atoms with Crippen LogP contribution in [0.5, 0.6) is 0 Å². The lowest BCUT2D eigenvalue weighted by molar-refractivity contribution is 0.311. The van der Waals surface area contributed by atoms with Gasteiger partial charge in [-0.15, -0.1) is 0 Å². The molecule has 3 aromatic rings. The molecule has 4 rings (SSSR count). The second-order valence-corrected chi connectivity index (χ2v) is 9.67. The van der Waals surface area contributed by atoms with E-state index in [1.807, 2.05) is 25.1 Å². The van der Waals surface area contributed by atoms with E-state index in [1.54, 1.807) is 22.1 Å². The van der Waals surface area contributed by atoms with Gasteiger partial charge in [0.15, 0.2) is 5.03 Å². The number of aromatic nitrogens is 3. The number of sulfonamides is 1. The third-order valence-electron chi connectivity index (χ3n) is 5.37. The van der Waals surface area contributed by atoms with Crippen molar-refractivity contribution in [3.8, 4) is 0 Å². The molecule has 29 heavy (non-hydrogen) atoms. The largest absolute Gasteiger partial charge is 0.339 e. The molecule has 3 heterocycles. The molecular weight excluding hydrogens is 384 g/mol. The Kier molecular flexibility index (Phi) is 5.52. The van der Waals surface area contributed by atoms with E-state index >= 15 is 0 Å². The maximum Gasteiger partial charge on any atom is 0.262 e. The Labute approximate surface area is 172 Å². The van der Waals surface area contributed by atoms with Crippen molar-refractivity contribution in [2.24, 2.45) is 7.05 Å². The summed E-state index contributed by atoms with van der Waals surface area (Å²) in [5, 5.41) is 0.114. The Hall–Kier alpha value is -2.51. The van der Waals surface area contributed by atoms with Gasteiger partial charge in [0.05, 0.1) is 6.33 Å². The molecule has 0 spiro atoms. The summed E-state index contributed by atoms with van der Waals surface area (Å²) >= 11 is 0. The summed E-state index contributed by atoms with van der Waals surface area (Å²) in [6.07, 6.45) is 5.68. The molecule has 1 aliphatic heterocycles. The smallest absolute Gasteiger partial charge is 0.262 e. The van der Waals surface area contributed by atoms with Crippen LogP contribution in [0, 0.1) is 6.92 Å². The molecule has 152 valence electrons. The van der Waals surface area contributed by atoms with E-state index in [-0.39, 0.29) is 10.9 Å². The van der Waals surface area contributed by atoms with Crippen LogP contribution < -0.4 is 0 Å². The number of rotatable bonds is 5. The first-order valence-corrected chi connectivity index (χ1v) is 11.4. The highest BCUT2D eigenvalue weighted by Gasteiger charge is 2.32. The summed E-state index contributed by atoms with van der Waals surface area (Å²) in [6.45, 7) is 2.97. The number of pyridine rings is 1. The number of hydrogen-bond donors (Lipinski definition) is 0. The Morgan fingerprint density at radius 1 is 1.14 bits per heavy atom. The number of aryl methyl sites for hydroxylation is 2. The highest BCUT2D eigenvalue weighted by molar-refractivity contribution is 7.89. The highest BCUT2D eigenvalue weighted by atomic mass is 32.2. The van der Waals surface area contributed by atoms with E-state index in [9.17, 15) is 8.42 Å². The van der Waals surface area contributed by atoms with Crippen molar-refractivity contribution in [1.82, 2.24) is 18.8 Å². The van der Waals surface area contributed by atoms with Crippen LogP contribution in [-0.2, 0) is 23.5 Å². The van der Waals surface area contributed by atoms with Crippen molar-refractivity contribution in [3.63, 3.8) is 0 Å². The van der Waals surface area contributed by atoms with E-state index < -0.39 is 10.0 Å². The van der Waals surface area contributed by atoms with E-state index in [4.69, 9.17) is 4.98 Å². The number of nitrogens with zero attached hydrogens (tertiary/aromatic N) is 4. The Bertz CT molecular complexity index is 1090. The standard InChI is InChI=1S/C22H26N4O2S/c1-17-11-19(12-18-7-4-3-5-8-18)13-21(24-17)20-9-6-10-26(14-20)29(27,28)22-15-25(2)16-23-22/h3-5,7-8,11,13,15-16,20H,6,9-10,12,14H2,1-2H3. The van der Waals surface area contributed by atoms with Crippen molar-refractivity contribution in [3.05, 3.63) is 77.5 Å². The summed E-state index contributed by atoms with van der Waals surface area (Å²) in [6, 6.07) is 14.6. The summed E-state index contributed by atoms with van der Waals surface area (Å²) in [5.41, 5.74) is 4.42. The molecule has 0 bridgehead atoms. The third kappa shape index (κ3) is 4.41. The van der Waals surface area contributed by atoms with Gasteiger partial charge in [-0.25, -0.2) is 13.4 Å². The molecular formula is C22H26N4O2S. The van der Waals surface area contributed by atoms with Crippen molar-refractivity contribution >= 4 is 10.0 Å². The first-order valence-electron chi connectivity index (χ1n) is 9.91. The lowest BCUT2D eigenvalue weighted by atomic mass is 9.93. The minimum atomic E-state index is -3.58. The minimum absolute atomic E-state index is 0.0941. The van der Waals surface area contributed by atoms with Gasteiger partial charge in [0, 0.05) is 43.6 Å². The van der Waals surface area contributed by atoms with Gasteiger partial charge in [0.2, 0.25) is 0 Å². The van der Waals surface area contributed by atoms with Crippen LogP contribution >= 0.6 is 0 Å². The van der Waals surface area contributed by atoms with Gasteiger partial charge in [0.1, 0.15) is 0 Å². The average Bonchev–Trinajstić information content (AvgIpc) is 3.16.